The third-order valence-electron chi connectivity index (χ3n) is 2.97. The quantitative estimate of drug-likeness (QED) is 0.631. The zero-order chi connectivity index (χ0) is 12.9. The highest BCUT2D eigenvalue weighted by atomic mass is 35.5. The van der Waals surface area contributed by atoms with Gasteiger partial charge in [-0.3, -0.25) is 0 Å². The average molecular weight is 265 g/mol. The Morgan fingerprint density at radius 3 is 2.83 bits per heavy atom. The topological polar surface area (TPSA) is 52.6 Å². The smallest absolute Gasteiger partial charge is 0.379 e. The molecule has 1 aromatic carbocycles. The second-order valence-electron chi connectivity index (χ2n) is 3.94. The third kappa shape index (κ3) is 1.36. The molecule has 0 aliphatic rings. The number of fused-ring (bicyclic) bond motifs is 2. The summed E-state index contributed by atoms with van der Waals surface area (Å²) < 4.78 is 15.5. The van der Waals surface area contributed by atoms with E-state index in [0.717, 1.165) is 5.39 Å². The summed E-state index contributed by atoms with van der Waals surface area (Å²) in [7, 11) is 1.43. The van der Waals surface area contributed by atoms with Crippen molar-refractivity contribution in [3.05, 3.63) is 39.4 Å². The summed E-state index contributed by atoms with van der Waals surface area (Å²) in [5, 5.41) is 1.95. The number of rotatable bonds is 1. The number of ether oxygens (including phenoxy) is 1. The maximum atomic E-state index is 11.7. The summed E-state index contributed by atoms with van der Waals surface area (Å²) >= 11 is 6.32. The second-order valence-corrected chi connectivity index (χ2v) is 4.32. The fraction of sp³-hybridized carbons (Fsp3) is 0.154. The van der Waals surface area contributed by atoms with E-state index in [1.165, 1.54) is 7.11 Å². The Balaban J connectivity index is 2.60. The monoisotopic (exact) mass is 264 g/mol. The summed E-state index contributed by atoms with van der Waals surface area (Å²) in [6.07, 6.45) is 1.54. The Morgan fingerprint density at radius 2 is 2.11 bits per heavy atom. The van der Waals surface area contributed by atoms with E-state index in [4.69, 9.17) is 25.2 Å². The van der Waals surface area contributed by atoms with Crippen LogP contribution in [0.3, 0.4) is 0 Å². The molecular formula is C13H9ClO4. The number of furan rings is 1. The lowest BCUT2D eigenvalue weighted by atomic mass is 10.1. The molecule has 2 aromatic heterocycles. The summed E-state index contributed by atoms with van der Waals surface area (Å²) in [5.74, 6) is 0.173. The van der Waals surface area contributed by atoms with Crippen LogP contribution in [0.15, 0.2) is 32.0 Å². The predicted molar refractivity (Wildman–Crippen MR) is 68.6 cm³/mol. The first-order valence-corrected chi connectivity index (χ1v) is 5.68. The SMILES string of the molecule is COc1c(C)c2c(Cl)c3ccoc3cc2oc1=O. The highest BCUT2D eigenvalue weighted by molar-refractivity contribution is 6.40. The van der Waals surface area contributed by atoms with Crippen LogP contribution in [-0.4, -0.2) is 7.11 Å². The van der Waals surface area contributed by atoms with E-state index in [9.17, 15) is 4.79 Å². The van der Waals surface area contributed by atoms with Crippen LogP contribution in [-0.2, 0) is 0 Å². The van der Waals surface area contributed by atoms with Crippen molar-refractivity contribution in [2.24, 2.45) is 0 Å². The molecule has 0 fully saturated rings. The maximum absolute atomic E-state index is 11.7. The molecule has 0 saturated carbocycles. The Morgan fingerprint density at radius 1 is 1.33 bits per heavy atom. The van der Waals surface area contributed by atoms with Gasteiger partial charge in [-0.1, -0.05) is 11.6 Å². The Labute approximate surface area is 107 Å². The van der Waals surface area contributed by atoms with Gasteiger partial charge in [0.1, 0.15) is 11.2 Å². The number of methoxy groups -OCH3 is 1. The summed E-state index contributed by atoms with van der Waals surface area (Å²) in [6, 6.07) is 3.43. The van der Waals surface area contributed by atoms with Gasteiger partial charge in [-0.2, -0.15) is 0 Å². The van der Waals surface area contributed by atoms with Gasteiger partial charge in [-0.15, -0.1) is 0 Å². The molecule has 2 heterocycles. The van der Waals surface area contributed by atoms with Gasteiger partial charge in [0.15, 0.2) is 0 Å². The minimum Gasteiger partial charge on any atom is -0.490 e. The van der Waals surface area contributed by atoms with Gasteiger partial charge in [0.05, 0.1) is 18.4 Å². The van der Waals surface area contributed by atoms with Gasteiger partial charge in [0.2, 0.25) is 5.75 Å². The van der Waals surface area contributed by atoms with Crippen molar-refractivity contribution < 1.29 is 13.6 Å². The number of hydrogen-bond donors (Lipinski definition) is 0. The van der Waals surface area contributed by atoms with Gasteiger partial charge < -0.3 is 13.6 Å². The molecule has 0 radical (unpaired) electrons. The highest BCUT2D eigenvalue weighted by Gasteiger charge is 2.17. The standard InChI is InChI=1S/C13H9ClO4/c1-6-10-9(18-13(15)12(6)16-2)5-8-7(11(10)14)3-4-17-8/h3-5H,1-2H3. The van der Waals surface area contributed by atoms with Crippen LogP contribution in [0.1, 0.15) is 5.56 Å². The molecule has 3 aromatic rings. The Bertz CT molecular complexity index is 813. The fourth-order valence-corrected chi connectivity index (χ4v) is 2.52. The van der Waals surface area contributed by atoms with E-state index < -0.39 is 5.63 Å². The summed E-state index contributed by atoms with van der Waals surface area (Å²) in [5.41, 5.74) is 1.12. The third-order valence-corrected chi connectivity index (χ3v) is 3.36. The molecule has 0 N–H and O–H groups in total. The van der Waals surface area contributed by atoms with Crippen molar-refractivity contribution in [1.82, 2.24) is 0 Å². The molecule has 4 nitrogen and oxygen atoms in total. The van der Waals surface area contributed by atoms with Crippen LogP contribution in [0.4, 0.5) is 0 Å². The zero-order valence-corrected chi connectivity index (χ0v) is 10.5. The first-order valence-electron chi connectivity index (χ1n) is 5.30. The van der Waals surface area contributed by atoms with Gasteiger partial charge in [-0.05, 0) is 13.0 Å². The van der Waals surface area contributed by atoms with E-state index in [-0.39, 0.29) is 5.75 Å². The molecule has 18 heavy (non-hydrogen) atoms. The largest absolute Gasteiger partial charge is 0.490 e. The number of aryl methyl sites for hydroxylation is 1. The average Bonchev–Trinajstić information content (AvgIpc) is 2.77. The zero-order valence-electron chi connectivity index (χ0n) is 9.74. The highest BCUT2D eigenvalue weighted by Crippen LogP contribution is 2.36. The van der Waals surface area contributed by atoms with Gasteiger partial charge >= 0.3 is 5.63 Å². The lowest BCUT2D eigenvalue weighted by Gasteiger charge is -2.08. The molecule has 3 rings (SSSR count). The fourth-order valence-electron chi connectivity index (χ4n) is 2.13. The summed E-state index contributed by atoms with van der Waals surface area (Å²) in [4.78, 5) is 11.7. The molecule has 5 heteroatoms. The van der Waals surface area contributed by atoms with Crippen LogP contribution in [0.5, 0.6) is 5.75 Å². The van der Waals surface area contributed by atoms with E-state index in [2.05, 4.69) is 0 Å². The first kappa shape index (κ1) is 11.2. The number of hydrogen-bond acceptors (Lipinski definition) is 4. The van der Waals surface area contributed by atoms with Crippen LogP contribution < -0.4 is 10.4 Å². The van der Waals surface area contributed by atoms with E-state index in [1.807, 2.05) is 0 Å². The summed E-state index contributed by atoms with van der Waals surface area (Å²) in [6.45, 7) is 1.77. The van der Waals surface area contributed by atoms with Crippen molar-refractivity contribution >= 4 is 33.5 Å². The van der Waals surface area contributed by atoms with Crippen molar-refractivity contribution in [3.63, 3.8) is 0 Å². The lowest BCUT2D eigenvalue weighted by molar-refractivity contribution is 0.382. The molecule has 0 atom stereocenters. The minimum absolute atomic E-state index is 0.173. The van der Waals surface area contributed by atoms with Crippen molar-refractivity contribution in [1.29, 1.82) is 0 Å². The molecule has 0 bridgehead atoms. The van der Waals surface area contributed by atoms with Crippen molar-refractivity contribution in [3.8, 4) is 5.75 Å². The Hall–Kier alpha value is -1.94. The van der Waals surface area contributed by atoms with Gasteiger partial charge in [0, 0.05) is 22.4 Å². The van der Waals surface area contributed by atoms with Crippen molar-refractivity contribution in [2.45, 2.75) is 6.92 Å². The van der Waals surface area contributed by atoms with Crippen LogP contribution in [0, 0.1) is 6.92 Å². The molecule has 0 saturated heterocycles. The molecule has 0 amide bonds. The second kappa shape index (κ2) is 3.78. The van der Waals surface area contributed by atoms with Crippen molar-refractivity contribution in [2.75, 3.05) is 7.11 Å². The normalized spacial score (nSPS) is 11.3. The molecule has 0 spiro atoms. The van der Waals surface area contributed by atoms with Gasteiger partial charge in [0.25, 0.3) is 0 Å². The number of benzene rings is 1. The molecular weight excluding hydrogens is 256 g/mol. The molecule has 0 aliphatic carbocycles. The lowest BCUT2D eigenvalue weighted by Crippen LogP contribution is -2.06. The molecule has 0 aliphatic heterocycles. The molecule has 0 unspecified atom stereocenters. The molecule has 92 valence electrons. The first-order chi connectivity index (χ1) is 8.63. The minimum atomic E-state index is -0.524. The maximum Gasteiger partial charge on any atom is 0.379 e. The van der Waals surface area contributed by atoms with E-state index >= 15 is 0 Å². The van der Waals surface area contributed by atoms with E-state index in [0.29, 0.717) is 27.1 Å². The van der Waals surface area contributed by atoms with Gasteiger partial charge in [-0.25, -0.2) is 4.79 Å². The van der Waals surface area contributed by atoms with Crippen LogP contribution in [0.25, 0.3) is 21.9 Å². The number of halogens is 1. The van der Waals surface area contributed by atoms with Crippen LogP contribution in [0.2, 0.25) is 5.02 Å². The predicted octanol–water partition coefficient (Wildman–Crippen LogP) is 3.51. The van der Waals surface area contributed by atoms with E-state index in [1.54, 1.807) is 25.3 Å². The Kier molecular flexibility index (Phi) is 2.35. The van der Waals surface area contributed by atoms with Crippen LogP contribution >= 0.6 is 11.6 Å².